The first-order valence-corrected chi connectivity index (χ1v) is 5.63. The van der Waals surface area contributed by atoms with Gasteiger partial charge in [0.25, 0.3) is 0 Å². The van der Waals surface area contributed by atoms with E-state index >= 15 is 0 Å². The van der Waals surface area contributed by atoms with E-state index in [-0.39, 0.29) is 11.9 Å². The highest BCUT2D eigenvalue weighted by molar-refractivity contribution is 5.90. The Morgan fingerprint density at radius 1 is 1.60 bits per heavy atom. The van der Waals surface area contributed by atoms with Crippen molar-refractivity contribution in [3.8, 4) is 0 Å². The molecular weight excluding hydrogens is 194 g/mol. The number of hydrogen-bond donors (Lipinski definition) is 1. The molecule has 0 radical (unpaired) electrons. The van der Waals surface area contributed by atoms with E-state index in [1.165, 1.54) is 6.42 Å². The molecule has 1 heterocycles. The molecule has 1 atom stereocenters. The number of ether oxygens (including phenoxy) is 1. The highest BCUT2D eigenvalue weighted by Gasteiger charge is 2.53. The van der Waals surface area contributed by atoms with Crippen LogP contribution in [0.3, 0.4) is 0 Å². The minimum atomic E-state index is -0.550. The van der Waals surface area contributed by atoms with Crippen LogP contribution in [-0.2, 0) is 14.3 Å². The van der Waals surface area contributed by atoms with E-state index in [1.807, 2.05) is 0 Å². The maximum Gasteiger partial charge on any atom is 0.314 e. The van der Waals surface area contributed by atoms with Crippen molar-refractivity contribution in [3.05, 3.63) is 0 Å². The van der Waals surface area contributed by atoms with Gasteiger partial charge in [0.1, 0.15) is 0 Å². The molecule has 1 aliphatic heterocycles. The molecule has 2 aliphatic rings. The van der Waals surface area contributed by atoms with Crippen LogP contribution in [0.5, 0.6) is 0 Å². The van der Waals surface area contributed by atoms with Crippen LogP contribution < -0.4 is 5.32 Å². The Hall–Kier alpha value is -1.06. The molecule has 1 amide bonds. The van der Waals surface area contributed by atoms with Crippen LogP contribution in [0.25, 0.3) is 0 Å². The second-order valence-electron chi connectivity index (χ2n) is 4.46. The van der Waals surface area contributed by atoms with E-state index in [4.69, 9.17) is 4.74 Å². The van der Waals surface area contributed by atoms with Gasteiger partial charge >= 0.3 is 5.97 Å². The summed E-state index contributed by atoms with van der Waals surface area (Å²) in [4.78, 5) is 23.2. The zero-order valence-electron chi connectivity index (χ0n) is 9.04. The summed E-state index contributed by atoms with van der Waals surface area (Å²) in [6.07, 6.45) is 3.58. The molecule has 0 bridgehead atoms. The second-order valence-corrected chi connectivity index (χ2v) is 4.46. The normalized spacial score (nSPS) is 30.9. The SMILES string of the molecule is CCOC(=O)C1(C2CCC2)CNC(=O)C1. The average Bonchev–Trinajstić information content (AvgIpc) is 2.46. The van der Waals surface area contributed by atoms with Gasteiger partial charge < -0.3 is 10.1 Å². The third kappa shape index (κ3) is 1.62. The summed E-state index contributed by atoms with van der Waals surface area (Å²) < 4.78 is 5.10. The Balaban J connectivity index is 2.15. The molecule has 84 valence electrons. The van der Waals surface area contributed by atoms with Crippen LogP contribution in [0.4, 0.5) is 0 Å². The lowest BCUT2D eigenvalue weighted by Crippen LogP contribution is -2.44. The number of amides is 1. The summed E-state index contributed by atoms with van der Waals surface area (Å²) in [5.74, 6) is 0.138. The van der Waals surface area contributed by atoms with Crippen molar-refractivity contribution < 1.29 is 14.3 Å². The molecule has 0 aromatic carbocycles. The molecule has 2 fully saturated rings. The van der Waals surface area contributed by atoms with Gasteiger partial charge in [0.15, 0.2) is 0 Å². The topological polar surface area (TPSA) is 55.4 Å². The zero-order chi connectivity index (χ0) is 10.9. The van der Waals surface area contributed by atoms with E-state index in [0.29, 0.717) is 25.5 Å². The summed E-state index contributed by atoms with van der Waals surface area (Å²) in [6, 6.07) is 0. The lowest BCUT2D eigenvalue weighted by molar-refractivity contribution is -0.160. The summed E-state index contributed by atoms with van der Waals surface area (Å²) >= 11 is 0. The fraction of sp³-hybridized carbons (Fsp3) is 0.818. The first kappa shape index (κ1) is 10.5. The van der Waals surface area contributed by atoms with Gasteiger partial charge in [0, 0.05) is 13.0 Å². The van der Waals surface area contributed by atoms with Crippen LogP contribution in [0.2, 0.25) is 0 Å². The van der Waals surface area contributed by atoms with Crippen LogP contribution in [0, 0.1) is 11.3 Å². The van der Waals surface area contributed by atoms with Gasteiger partial charge in [-0.3, -0.25) is 9.59 Å². The molecule has 1 saturated heterocycles. The minimum Gasteiger partial charge on any atom is -0.465 e. The Bertz CT molecular complexity index is 286. The highest BCUT2D eigenvalue weighted by Crippen LogP contribution is 2.46. The van der Waals surface area contributed by atoms with Crippen molar-refractivity contribution in [2.45, 2.75) is 32.6 Å². The summed E-state index contributed by atoms with van der Waals surface area (Å²) in [6.45, 7) is 2.66. The predicted molar refractivity (Wildman–Crippen MR) is 54.0 cm³/mol. The van der Waals surface area contributed by atoms with Gasteiger partial charge in [0.05, 0.1) is 12.0 Å². The van der Waals surface area contributed by atoms with Crippen molar-refractivity contribution in [2.24, 2.45) is 11.3 Å². The lowest BCUT2D eigenvalue weighted by Gasteiger charge is -2.39. The maximum absolute atomic E-state index is 11.9. The fourth-order valence-corrected chi connectivity index (χ4v) is 2.50. The molecule has 0 aromatic rings. The molecule has 1 unspecified atom stereocenters. The van der Waals surface area contributed by atoms with Gasteiger partial charge in [-0.1, -0.05) is 6.42 Å². The van der Waals surface area contributed by atoms with E-state index in [9.17, 15) is 9.59 Å². The number of carbonyl (C=O) groups excluding carboxylic acids is 2. The van der Waals surface area contributed by atoms with Crippen molar-refractivity contribution in [1.29, 1.82) is 0 Å². The van der Waals surface area contributed by atoms with Gasteiger partial charge in [-0.25, -0.2) is 0 Å². The molecular formula is C11H17NO3. The molecule has 4 nitrogen and oxygen atoms in total. The van der Waals surface area contributed by atoms with Crippen molar-refractivity contribution in [3.63, 3.8) is 0 Å². The van der Waals surface area contributed by atoms with Crippen LogP contribution in [0.15, 0.2) is 0 Å². The summed E-state index contributed by atoms with van der Waals surface area (Å²) in [5, 5.41) is 2.76. The Kier molecular flexibility index (Phi) is 2.67. The predicted octanol–water partition coefficient (Wildman–Crippen LogP) is 0.856. The Labute approximate surface area is 89.4 Å². The minimum absolute atomic E-state index is 0.0186. The van der Waals surface area contributed by atoms with Crippen molar-refractivity contribution in [1.82, 2.24) is 5.32 Å². The van der Waals surface area contributed by atoms with E-state index in [2.05, 4.69) is 5.32 Å². The van der Waals surface area contributed by atoms with Crippen molar-refractivity contribution >= 4 is 11.9 Å². The van der Waals surface area contributed by atoms with E-state index in [1.54, 1.807) is 6.92 Å². The second kappa shape index (κ2) is 3.83. The number of hydrogen-bond acceptors (Lipinski definition) is 3. The summed E-state index contributed by atoms with van der Waals surface area (Å²) in [5.41, 5.74) is -0.550. The lowest BCUT2D eigenvalue weighted by atomic mass is 9.64. The monoisotopic (exact) mass is 211 g/mol. The Morgan fingerprint density at radius 3 is 2.73 bits per heavy atom. The maximum atomic E-state index is 11.9. The molecule has 0 spiro atoms. The van der Waals surface area contributed by atoms with Crippen molar-refractivity contribution in [2.75, 3.05) is 13.2 Å². The molecule has 4 heteroatoms. The van der Waals surface area contributed by atoms with Crippen LogP contribution in [0.1, 0.15) is 32.6 Å². The molecule has 2 rings (SSSR count). The van der Waals surface area contributed by atoms with Gasteiger partial charge in [-0.15, -0.1) is 0 Å². The number of esters is 1. The third-order valence-electron chi connectivity index (χ3n) is 3.65. The fourth-order valence-electron chi connectivity index (χ4n) is 2.50. The quantitative estimate of drug-likeness (QED) is 0.704. The first-order chi connectivity index (χ1) is 7.19. The van der Waals surface area contributed by atoms with Gasteiger partial charge in [-0.05, 0) is 25.7 Å². The van der Waals surface area contributed by atoms with Gasteiger partial charge in [0.2, 0.25) is 5.91 Å². The molecule has 1 N–H and O–H groups in total. The van der Waals surface area contributed by atoms with Crippen LogP contribution in [-0.4, -0.2) is 25.0 Å². The number of carbonyl (C=O) groups is 2. The third-order valence-corrected chi connectivity index (χ3v) is 3.65. The average molecular weight is 211 g/mol. The smallest absolute Gasteiger partial charge is 0.314 e. The standard InChI is InChI=1S/C11H17NO3/c1-2-15-10(14)11(8-4-3-5-8)6-9(13)12-7-11/h8H,2-7H2,1H3,(H,12,13). The molecule has 1 saturated carbocycles. The highest BCUT2D eigenvalue weighted by atomic mass is 16.5. The van der Waals surface area contributed by atoms with Gasteiger partial charge in [-0.2, -0.15) is 0 Å². The summed E-state index contributed by atoms with van der Waals surface area (Å²) in [7, 11) is 0. The molecule has 0 aromatic heterocycles. The zero-order valence-corrected chi connectivity index (χ0v) is 9.04. The Morgan fingerprint density at radius 2 is 2.33 bits per heavy atom. The van der Waals surface area contributed by atoms with Crippen LogP contribution >= 0.6 is 0 Å². The van der Waals surface area contributed by atoms with E-state index in [0.717, 1.165) is 12.8 Å². The largest absolute Gasteiger partial charge is 0.465 e. The number of rotatable bonds is 3. The van der Waals surface area contributed by atoms with E-state index < -0.39 is 5.41 Å². The molecule has 1 aliphatic carbocycles. The number of nitrogens with one attached hydrogen (secondary N) is 1. The first-order valence-electron chi connectivity index (χ1n) is 5.63. The molecule has 15 heavy (non-hydrogen) atoms.